The molecule has 2 aromatic heterocycles. The Labute approximate surface area is 226 Å². The summed E-state index contributed by atoms with van der Waals surface area (Å²) < 4.78 is 4.33. The first-order valence-electron chi connectivity index (χ1n) is 11.2. The van der Waals surface area contributed by atoms with Crippen molar-refractivity contribution in [3.63, 3.8) is 0 Å². The van der Waals surface area contributed by atoms with Gasteiger partial charge in [0.05, 0.1) is 21.6 Å². The molecule has 0 bridgehead atoms. The zero-order valence-corrected chi connectivity index (χ0v) is 21.9. The predicted octanol–water partition coefficient (Wildman–Crippen LogP) is 8.44. The third-order valence-corrected chi connectivity index (χ3v) is 6.90. The van der Waals surface area contributed by atoms with E-state index in [1.165, 1.54) is 16.3 Å². The summed E-state index contributed by atoms with van der Waals surface area (Å²) in [5, 5.41) is 3.64. The van der Waals surface area contributed by atoms with Gasteiger partial charge in [-0.05, 0) is 41.6 Å². The van der Waals surface area contributed by atoms with Gasteiger partial charge >= 0.3 is 0 Å². The predicted molar refractivity (Wildman–Crippen MR) is 142 cm³/mol. The number of hydrogen-bond acceptors (Lipinski definition) is 1. The fraction of sp³-hybridized carbons (Fsp3) is 0.0690. The Bertz CT molecular complexity index is 1670. The van der Waals surface area contributed by atoms with Crippen LogP contribution in [0.5, 0.6) is 0 Å². The van der Waals surface area contributed by atoms with Crippen molar-refractivity contribution in [1.82, 2.24) is 14.1 Å². The van der Waals surface area contributed by atoms with Crippen LogP contribution in [0.1, 0.15) is 6.92 Å². The Kier molecular flexibility index (Phi) is 6.55. The van der Waals surface area contributed by atoms with E-state index in [-0.39, 0.29) is 19.5 Å². The zero-order valence-electron chi connectivity index (χ0n) is 18.8. The molecular formula is C29H20Cl2N3Rh-. The topological polar surface area (TPSA) is 22.8 Å². The minimum atomic E-state index is 0. The van der Waals surface area contributed by atoms with Crippen LogP contribution in [0.25, 0.3) is 50.0 Å². The summed E-state index contributed by atoms with van der Waals surface area (Å²) in [5.74, 6) is 0.761. The van der Waals surface area contributed by atoms with Crippen molar-refractivity contribution in [2.75, 3.05) is 0 Å². The molecule has 35 heavy (non-hydrogen) atoms. The Morgan fingerprint density at radius 1 is 0.857 bits per heavy atom. The van der Waals surface area contributed by atoms with E-state index < -0.39 is 0 Å². The number of hydrogen-bond donors (Lipinski definition) is 0. The molecule has 0 N–H and O–H groups in total. The van der Waals surface area contributed by atoms with E-state index in [2.05, 4.69) is 54.0 Å². The van der Waals surface area contributed by atoms with Crippen molar-refractivity contribution in [1.29, 1.82) is 0 Å². The van der Waals surface area contributed by atoms with Gasteiger partial charge in [-0.25, -0.2) is 0 Å². The number of para-hydroxylation sites is 1. The summed E-state index contributed by atoms with van der Waals surface area (Å²) in [7, 11) is 0. The molecule has 0 amide bonds. The third kappa shape index (κ3) is 3.91. The van der Waals surface area contributed by atoms with Gasteiger partial charge in [0.15, 0.2) is 0 Å². The molecule has 1 radical (unpaired) electrons. The second-order valence-electron chi connectivity index (χ2n) is 8.15. The second kappa shape index (κ2) is 9.62. The first-order chi connectivity index (χ1) is 16.7. The van der Waals surface area contributed by atoms with Crippen LogP contribution in [0.2, 0.25) is 10.0 Å². The van der Waals surface area contributed by atoms with Crippen molar-refractivity contribution >= 4 is 45.0 Å². The number of fused-ring (bicyclic) bond motifs is 3. The first kappa shape index (κ1) is 23.8. The maximum Gasteiger partial charge on any atom is 0.0663 e. The largest absolute Gasteiger partial charge is 0.381 e. The molecule has 6 heteroatoms. The summed E-state index contributed by atoms with van der Waals surface area (Å²) in [6, 6.07) is 29.9. The Hall–Kier alpha value is -2.91. The van der Waals surface area contributed by atoms with E-state index in [4.69, 9.17) is 28.2 Å². The van der Waals surface area contributed by atoms with Gasteiger partial charge in [-0.1, -0.05) is 77.1 Å². The molecule has 4 aromatic carbocycles. The van der Waals surface area contributed by atoms with E-state index >= 15 is 0 Å². The van der Waals surface area contributed by atoms with E-state index in [1.807, 2.05) is 53.2 Å². The molecule has 3 nitrogen and oxygen atoms in total. The van der Waals surface area contributed by atoms with E-state index in [0.717, 1.165) is 40.3 Å². The SMILES string of the molecule is CCn1c2c[c-]c(-c3nccn3-c3c(Cl)ccc(Cl)c3-c3ccccc3)cc2c2ccccc21.[Rh]. The van der Waals surface area contributed by atoms with Crippen molar-refractivity contribution in [2.45, 2.75) is 13.5 Å². The maximum absolute atomic E-state index is 6.78. The van der Waals surface area contributed by atoms with E-state index in [1.54, 1.807) is 6.20 Å². The maximum atomic E-state index is 6.78. The summed E-state index contributed by atoms with van der Waals surface area (Å²) in [5.41, 5.74) is 5.95. The molecular weight excluding hydrogens is 564 g/mol. The number of aromatic nitrogens is 3. The van der Waals surface area contributed by atoms with Crippen LogP contribution >= 0.6 is 23.2 Å². The van der Waals surface area contributed by atoms with Gasteiger partial charge in [0, 0.05) is 49.5 Å². The van der Waals surface area contributed by atoms with Gasteiger partial charge in [0.1, 0.15) is 0 Å². The smallest absolute Gasteiger partial charge is 0.0663 e. The van der Waals surface area contributed by atoms with Gasteiger partial charge in [-0.15, -0.1) is 23.8 Å². The summed E-state index contributed by atoms with van der Waals surface area (Å²) in [4.78, 5) is 4.71. The average Bonchev–Trinajstić information content (AvgIpc) is 3.48. The minimum Gasteiger partial charge on any atom is -0.381 e. The Morgan fingerprint density at radius 2 is 1.60 bits per heavy atom. The summed E-state index contributed by atoms with van der Waals surface area (Å²) >= 11 is 13.5. The van der Waals surface area contributed by atoms with Crippen molar-refractivity contribution < 1.29 is 19.5 Å². The fourth-order valence-electron chi connectivity index (χ4n) is 4.80. The van der Waals surface area contributed by atoms with E-state index in [9.17, 15) is 0 Å². The van der Waals surface area contributed by atoms with Gasteiger partial charge in [-0.3, -0.25) is 4.98 Å². The molecule has 0 aliphatic rings. The quantitative estimate of drug-likeness (QED) is 0.151. The van der Waals surface area contributed by atoms with Crippen LogP contribution in [0.4, 0.5) is 0 Å². The molecule has 0 fully saturated rings. The van der Waals surface area contributed by atoms with Gasteiger partial charge in [-0.2, -0.15) is 0 Å². The normalized spacial score (nSPS) is 11.2. The summed E-state index contributed by atoms with van der Waals surface area (Å²) in [6.45, 7) is 3.06. The van der Waals surface area contributed by atoms with Gasteiger partial charge < -0.3 is 9.13 Å². The van der Waals surface area contributed by atoms with Gasteiger partial charge in [0.25, 0.3) is 0 Å². The molecule has 0 saturated heterocycles. The molecule has 6 rings (SSSR count). The number of aryl methyl sites for hydroxylation is 1. The average molecular weight is 584 g/mol. The molecule has 6 aromatic rings. The Morgan fingerprint density at radius 3 is 2.40 bits per heavy atom. The molecule has 0 spiro atoms. The van der Waals surface area contributed by atoms with Crippen molar-refractivity contribution in [3.8, 4) is 28.2 Å². The molecule has 0 unspecified atom stereocenters. The van der Waals surface area contributed by atoms with Crippen molar-refractivity contribution in [2.24, 2.45) is 0 Å². The molecule has 0 atom stereocenters. The molecule has 0 saturated carbocycles. The van der Waals surface area contributed by atoms with E-state index in [0.29, 0.717) is 10.0 Å². The Balaban J connectivity index is 0.00000253. The first-order valence-corrected chi connectivity index (χ1v) is 11.9. The number of benzene rings is 4. The number of imidazole rings is 1. The number of rotatable bonds is 4. The third-order valence-electron chi connectivity index (χ3n) is 6.28. The molecule has 175 valence electrons. The number of halogens is 2. The second-order valence-corrected chi connectivity index (χ2v) is 8.96. The van der Waals surface area contributed by atoms with Gasteiger partial charge in [0.2, 0.25) is 0 Å². The van der Waals surface area contributed by atoms with Crippen LogP contribution in [-0.2, 0) is 26.0 Å². The molecule has 0 aliphatic carbocycles. The number of nitrogens with zero attached hydrogens (tertiary/aromatic N) is 3. The minimum absolute atomic E-state index is 0. The fourth-order valence-corrected chi connectivity index (χ4v) is 5.31. The van der Waals surface area contributed by atoms with Crippen LogP contribution in [0.15, 0.2) is 91.3 Å². The standard InChI is InChI=1S/C29H20Cl2N3.Rh/c1-2-33-25-11-7-6-10-21(25)22-18-20(12-15-26(22)33)29-32-16-17-34(29)28-24(31)14-13-23(30)27(28)19-8-4-3-5-9-19;/h3-11,13-18H,2H2,1H3;/q-1;. The van der Waals surface area contributed by atoms with Crippen LogP contribution in [0, 0.1) is 6.07 Å². The van der Waals surface area contributed by atoms with Crippen molar-refractivity contribution in [3.05, 3.63) is 107 Å². The van der Waals surface area contributed by atoms with Crippen LogP contribution < -0.4 is 0 Å². The summed E-state index contributed by atoms with van der Waals surface area (Å²) in [6.07, 6.45) is 3.71. The van der Waals surface area contributed by atoms with Crippen LogP contribution in [-0.4, -0.2) is 14.1 Å². The molecule has 2 heterocycles. The molecule has 0 aliphatic heterocycles. The monoisotopic (exact) mass is 583 g/mol. The van der Waals surface area contributed by atoms with Crippen LogP contribution in [0.3, 0.4) is 0 Å². The zero-order chi connectivity index (χ0) is 23.2.